The number of nitrogens with zero attached hydrogens (tertiary/aromatic N) is 2. The topological polar surface area (TPSA) is 22.3 Å². The van der Waals surface area contributed by atoms with Crippen LogP contribution in [-0.4, -0.2) is 59.9 Å². The maximum Gasteiger partial charge on any atom is 0.401 e. The molecule has 3 nitrogen and oxygen atoms in total. The van der Waals surface area contributed by atoms with E-state index in [1.807, 2.05) is 31.2 Å². The van der Waals surface area contributed by atoms with Crippen molar-refractivity contribution >= 4 is 10.9 Å². The Kier molecular flexibility index (Phi) is 7.04. The van der Waals surface area contributed by atoms with Gasteiger partial charge >= 0.3 is 6.18 Å². The molecule has 2 aromatic carbocycles. The number of hydrogen-bond acceptors (Lipinski definition) is 2. The molecule has 1 unspecified atom stereocenters. The van der Waals surface area contributed by atoms with Gasteiger partial charge in [0.05, 0.1) is 19.3 Å². The molecule has 1 saturated heterocycles. The summed E-state index contributed by atoms with van der Waals surface area (Å²) < 4.78 is 84.8. The number of aromatic nitrogens is 1. The van der Waals surface area contributed by atoms with Crippen molar-refractivity contribution in [2.24, 2.45) is 5.92 Å². The number of likely N-dealkylation sites (tertiary alicyclic amines) is 1. The van der Waals surface area contributed by atoms with E-state index in [0.717, 1.165) is 34.5 Å². The quantitative estimate of drug-likeness (QED) is 0.347. The normalized spacial score (nSPS) is 22.3. The fourth-order valence-electron chi connectivity index (χ4n) is 6.06. The van der Waals surface area contributed by atoms with Crippen LogP contribution >= 0.6 is 0 Å². The van der Waals surface area contributed by atoms with E-state index in [1.165, 1.54) is 12.1 Å². The highest BCUT2D eigenvalue weighted by molar-refractivity contribution is 5.85. The third kappa shape index (κ3) is 5.00. The lowest BCUT2D eigenvalue weighted by Crippen LogP contribution is -2.49. The van der Waals surface area contributed by atoms with Crippen molar-refractivity contribution in [3.8, 4) is 0 Å². The smallest absolute Gasteiger partial charge is 0.357 e. The SMILES string of the molecule is C[C@H](c1cc(F)c(C2c3[nH]c4ccccc4c3C[C@@H](C)N2CC(F)(F)F)c(F)c1)C1CN(CCCF)C1. The van der Waals surface area contributed by atoms with Gasteiger partial charge in [0.25, 0.3) is 0 Å². The standard InChI is InChI=1S/C28H31F6N3/c1-16-10-21-20-6-3-4-7-24(20)35-26(21)27(37(16)15-28(32,33)34)25-22(30)11-18(12-23(25)31)17(2)19-13-36(14-19)9-5-8-29/h3-4,6-7,11-12,16-17,19,27,35H,5,8-10,13-15H2,1-2H3/t16-,17-,27?/m1/s1. The van der Waals surface area contributed by atoms with Crippen molar-refractivity contribution in [2.75, 3.05) is 32.9 Å². The Bertz CT molecular complexity index is 1240. The summed E-state index contributed by atoms with van der Waals surface area (Å²) in [7, 11) is 0. The van der Waals surface area contributed by atoms with E-state index >= 15 is 8.78 Å². The molecule has 3 heterocycles. The van der Waals surface area contributed by atoms with Crippen LogP contribution in [0, 0.1) is 17.6 Å². The van der Waals surface area contributed by atoms with E-state index in [0.29, 0.717) is 30.6 Å². The number of para-hydroxylation sites is 1. The fourth-order valence-corrected chi connectivity index (χ4v) is 6.06. The minimum Gasteiger partial charge on any atom is -0.357 e. The van der Waals surface area contributed by atoms with Crippen molar-refractivity contribution in [3.05, 3.63) is 70.4 Å². The number of aromatic amines is 1. The van der Waals surface area contributed by atoms with Crippen molar-refractivity contribution in [1.82, 2.24) is 14.8 Å². The minimum absolute atomic E-state index is 0.139. The third-order valence-electron chi connectivity index (χ3n) is 8.08. The molecule has 3 aromatic rings. The van der Waals surface area contributed by atoms with Gasteiger partial charge in [-0.1, -0.05) is 25.1 Å². The van der Waals surface area contributed by atoms with Crippen LogP contribution in [-0.2, 0) is 6.42 Å². The largest absolute Gasteiger partial charge is 0.401 e. The van der Waals surface area contributed by atoms with Gasteiger partial charge in [-0.2, -0.15) is 13.2 Å². The summed E-state index contributed by atoms with van der Waals surface area (Å²) in [5.74, 6) is -1.64. The summed E-state index contributed by atoms with van der Waals surface area (Å²) in [5.41, 5.74) is 2.05. The Morgan fingerprint density at radius 3 is 2.41 bits per heavy atom. The molecule has 2 aliphatic rings. The van der Waals surface area contributed by atoms with Crippen LogP contribution < -0.4 is 0 Å². The van der Waals surface area contributed by atoms with Gasteiger partial charge < -0.3 is 9.88 Å². The van der Waals surface area contributed by atoms with Crippen molar-refractivity contribution < 1.29 is 26.3 Å². The summed E-state index contributed by atoms with van der Waals surface area (Å²) in [5, 5.41) is 0.856. The highest BCUT2D eigenvalue weighted by Gasteiger charge is 2.44. The van der Waals surface area contributed by atoms with Gasteiger partial charge in [-0.3, -0.25) is 9.29 Å². The highest BCUT2D eigenvalue weighted by atomic mass is 19.4. The second-order valence-electron chi connectivity index (χ2n) is 10.6. The molecular weight excluding hydrogens is 492 g/mol. The van der Waals surface area contributed by atoms with Crippen LogP contribution in [0.4, 0.5) is 26.3 Å². The Balaban J connectivity index is 1.52. The number of halogens is 6. The van der Waals surface area contributed by atoms with Gasteiger partial charge in [-0.15, -0.1) is 0 Å². The molecule has 0 bridgehead atoms. The summed E-state index contributed by atoms with van der Waals surface area (Å²) in [6.07, 6.45) is -3.73. The summed E-state index contributed by atoms with van der Waals surface area (Å²) >= 11 is 0. The highest BCUT2D eigenvalue weighted by Crippen LogP contribution is 2.44. The summed E-state index contributed by atoms with van der Waals surface area (Å²) in [6.45, 7) is 4.02. The molecule has 0 amide bonds. The van der Waals surface area contributed by atoms with Gasteiger partial charge in [0.2, 0.25) is 0 Å². The number of rotatable bonds is 7. The first-order chi connectivity index (χ1) is 17.6. The van der Waals surface area contributed by atoms with Gasteiger partial charge in [0, 0.05) is 47.8 Å². The number of benzene rings is 2. The average molecular weight is 524 g/mol. The van der Waals surface area contributed by atoms with E-state index in [9.17, 15) is 17.6 Å². The minimum atomic E-state index is -4.53. The first-order valence-electron chi connectivity index (χ1n) is 12.8. The van der Waals surface area contributed by atoms with E-state index < -0.39 is 36.4 Å². The van der Waals surface area contributed by atoms with Crippen molar-refractivity contribution in [3.63, 3.8) is 0 Å². The molecule has 37 heavy (non-hydrogen) atoms. The van der Waals surface area contributed by atoms with Crippen molar-refractivity contribution in [1.29, 1.82) is 0 Å². The van der Waals surface area contributed by atoms with Crippen LogP contribution in [0.1, 0.15) is 54.6 Å². The molecule has 1 fully saturated rings. The van der Waals surface area contributed by atoms with E-state index in [-0.39, 0.29) is 24.1 Å². The molecule has 2 aliphatic heterocycles. The monoisotopic (exact) mass is 523 g/mol. The zero-order valence-corrected chi connectivity index (χ0v) is 20.9. The lowest BCUT2D eigenvalue weighted by molar-refractivity contribution is -0.155. The second-order valence-corrected chi connectivity index (χ2v) is 10.6. The first kappa shape index (κ1) is 26.1. The number of nitrogens with one attached hydrogen (secondary N) is 1. The predicted octanol–water partition coefficient (Wildman–Crippen LogP) is 6.74. The van der Waals surface area contributed by atoms with Gasteiger partial charge in [-0.05, 0) is 60.9 Å². The average Bonchev–Trinajstić information content (AvgIpc) is 3.16. The molecule has 9 heteroatoms. The molecular formula is C28H31F6N3. The molecule has 0 spiro atoms. The van der Waals surface area contributed by atoms with Crippen molar-refractivity contribution in [2.45, 2.75) is 50.9 Å². The Hall–Kier alpha value is -2.52. The maximum atomic E-state index is 15.8. The molecule has 5 rings (SSSR count). The molecule has 1 N–H and O–H groups in total. The number of alkyl halides is 4. The first-order valence-corrected chi connectivity index (χ1v) is 12.8. The third-order valence-corrected chi connectivity index (χ3v) is 8.08. The molecule has 3 atom stereocenters. The van der Waals surface area contributed by atoms with Crippen LogP contribution in [0.2, 0.25) is 0 Å². The summed E-state index contributed by atoms with van der Waals surface area (Å²) in [4.78, 5) is 6.43. The number of H-pyrrole nitrogens is 1. The maximum absolute atomic E-state index is 15.8. The van der Waals surface area contributed by atoms with Gasteiger partial charge in [-0.25, -0.2) is 8.78 Å². The van der Waals surface area contributed by atoms with Crippen LogP contribution in [0.15, 0.2) is 36.4 Å². The molecule has 0 aliphatic carbocycles. The zero-order chi connectivity index (χ0) is 26.5. The second kappa shape index (κ2) is 9.98. The Labute approximate surface area is 212 Å². The zero-order valence-electron chi connectivity index (χ0n) is 20.9. The molecule has 0 saturated carbocycles. The molecule has 0 radical (unpaired) electrons. The van der Waals surface area contributed by atoms with Crippen LogP contribution in [0.5, 0.6) is 0 Å². The molecule has 1 aromatic heterocycles. The van der Waals surface area contributed by atoms with Gasteiger partial charge in [0.1, 0.15) is 11.6 Å². The summed E-state index contributed by atoms with van der Waals surface area (Å²) in [6, 6.07) is 8.08. The Morgan fingerprint density at radius 1 is 1.08 bits per heavy atom. The Morgan fingerprint density at radius 2 is 1.76 bits per heavy atom. The van der Waals surface area contributed by atoms with Crippen LogP contribution in [0.3, 0.4) is 0 Å². The fraction of sp³-hybridized carbons (Fsp3) is 0.500. The predicted molar refractivity (Wildman–Crippen MR) is 131 cm³/mol. The number of fused-ring (bicyclic) bond motifs is 3. The molecule has 200 valence electrons. The lowest BCUT2D eigenvalue weighted by Gasteiger charge is -2.43. The lowest BCUT2D eigenvalue weighted by atomic mass is 9.81. The van der Waals surface area contributed by atoms with Crippen LogP contribution in [0.25, 0.3) is 10.9 Å². The van der Waals surface area contributed by atoms with Gasteiger partial charge in [0.15, 0.2) is 0 Å². The van der Waals surface area contributed by atoms with E-state index in [1.54, 1.807) is 6.92 Å². The van der Waals surface area contributed by atoms with E-state index in [4.69, 9.17) is 0 Å². The van der Waals surface area contributed by atoms with E-state index in [2.05, 4.69) is 9.88 Å². The number of hydrogen-bond donors (Lipinski definition) is 1.